The number of nitrogens with zero attached hydrogens (tertiary/aromatic N) is 1. The van der Waals surface area contributed by atoms with Gasteiger partial charge in [0, 0.05) is 7.05 Å². The van der Waals surface area contributed by atoms with Crippen LogP contribution in [-0.4, -0.2) is 63.9 Å². The third kappa shape index (κ3) is 4.66. The van der Waals surface area contributed by atoms with Crippen molar-refractivity contribution >= 4 is 22.0 Å². The molecule has 0 saturated carbocycles. The van der Waals surface area contributed by atoms with Crippen LogP contribution in [-0.2, 0) is 14.8 Å². The van der Waals surface area contributed by atoms with Crippen molar-refractivity contribution in [1.29, 1.82) is 0 Å². The van der Waals surface area contributed by atoms with Crippen LogP contribution in [0.1, 0.15) is 23.6 Å². The Bertz CT molecular complexity index is 807. The molecule has 1 aliphatic rings. The molecule has 0 bridgehead atoms. The van der Waals surface area contributed by atoms with Gasteiger partial charge in [-0.3, -0.25) is 10.1 Å². The van der Waals surface area contributed by atoms with Gasteiger partial charge in [0.15, 0.2) is 6.04 Å². The van der Waals surface area contributed by atoms with E-state index in [1.54, 1.807) is 6.92 Å². The monoisotopic (exact) mass is 397 g/mol. The van der Waals surface area contributed by atoms with Gasteiger partial charge in [-0.05, 0) is 38.8 Å². The van der Waals surface area contributed by atoms with Crippen molar-refractivity contribution in [3.63, 3.8) is 0 Å². The van der Waals surface area contributed by atoms with Gasteiger partial charge in [-0.25, -0.2) is 13.2 Å². The number of urea groups is 1. The summed E-state index contributed by atoms with van der Waals surface area (Å²) in [6, 6.07) is 2.78. The number of nitrogens with one attached hydrogen (secondary N) is 3. The molecule has 1 heterocycles. The fourth-order valence-corrected chi connectivity index (χ4v) is 5.47. The van der Waals surface area contributed by atoms with Gasteiger partial charge in [0.05, 0.1) is 31.1 Å². The number of hydrogen-bond acceptors (Lipinski definition) is 4. The Morgan fingerprint density at radius 1 is 1.11 bits per heavy atom. The van der Waals surface area contributed by atoms with Gasteiger partial charge in [0.1, 0.15) is 0 Å². The lowest BCUT2D eigenvalue weighted by Gasteiger charge is -2.34. The predicted molar refractivity (Wildman–Crippen MR) is 102 cm³/mol. The van der Waals surface area contributed by atoms with Crippen LogP contribution in [0.2, 0.25) is 0 Å². The highest BCUT2D eigenvalue weighted by atomic mass is 32.2. The second-order valence-electron chi connectivity index (χ2n) is 7.08. The number of piperazine rings is 1. The third-order valence-electron chi connectivity index (χ3n) is 5.04. The molecule has 1 aromatic rings. The fourth-order valence-electron chi connectivity index (χ4n) is 3.62. The normalized spacial score (nSPS) is 17.4. The van der Waals surface area contributed by atoms with Crippen LogP contribution in [0, 0.1) is 20.8 Å². The van der Waals surface area contributed by atoms with Crippen molar-refractivity contribution in [3.05, 3.63) is 28.8 Å². The number of hydrogen-bond donors (Lipinski definition) is 3. The van der Waals surface area contributed by atoms with Crippen LogP contribution in [0.3, 0.4) is 0 Å². The van der Waals surface area contributed by atoms with E-state index in [0.717, 1.165) is 21.6 Å². The molecule has 1 aliphatic heterocycles. The molecule has 27 heavy (non-hydrogen) atoms. The summed E-state index contributed by atoms with van der Waals surface area (Å²) in [5.41, 5.74) is 2.54. The van der Waals surface area contributed by atoms with Gasteiger partial charge in [0.2, 0.25) is 10.0 Å². The van der Waals surface area contributed by atoms with Crippen molar-refractivity contribution < 1.29 is 22.9 Å². The molecule has 0 unspecified atom stereocenters. The number of sulfonamides is 1. The summed E-state index contributed by atoms with van der Waals surface area (Å²) in [5.74, 6) is -0.370. The molecule has 150 valence electrons. The molecule has 9 heteroatoms. The summed E-state index contributed by atoms with van der Waals surface area (Å²) in [7, 11) is -2.13. The number of rotatable bonds is 4. The van der Waals surface area contributed by atoms with E-state index >= 15 is 0 Å². The van der Waals surface area contributed by atoms with E-state index in [2.05, 4.69) is 10.6 Å². The topological polar surface area (TPSA) is 100 Å². The molecule has 1 fully saturated rings. The minimum Gasteiger partial charge on any atom is -0.341 e. The highest BCUT2D eigenvalue weighted by Crippen LogP contribution is 2.25. The van der Waals surface area contributed by atoms with E-state index in [4.69, 9.17) is 0 Å². The molecule has 1 aromatic carbocycles. The number of carbonyl (C=O) groups is 2. The van der Waals surface area contributed by atoms with Crippen molar-refractivity contribution in [3.8, 4) is 0 Å². The first-order valence-corrected chi connectivity index (χ1v) is 10.5. The summed E-state index contributed by atoms with van der Waals surface area (Å²) in [6.07, 6.45) is 0. The average Bonchev–Trinajstić information content (AvgIpc) is 2.59. The molecule has 3 amide bonds. The second-order valence-corrected chi connectivity index (χ2v) is 8.96. The zero-order chi connectivity index (χ0) is 20.4. The van der Waals surface area contributed by atoms with Gasteiger partial charge in [-0.1, -0.05) is 17.7 Å². The smallest absolute Gasteiger partial charge is 0.321 e. The van der Waals surface area contributed by atoms with Crippen LogP contribution in [0.5, 0.6) is 0 Å². The fraction of sp³-hybridized carbons (Fsp3) is 0.556. The second kappa shape index (κ2) is 8.37. The van der Waals surface area contributed by atoms with E-state index < -0.39 is 22.1 Å². The van der Waals surface area contributed by atoms with Crippen LogP contribution in [0.15, 0.2) is 17.0 Å². The van der Waals surface area contributed by atoms with Crippen molar-refractivity contribution in [1.82, 2.24) is 14.9 Å². The maximum atomic E-state index is 13.1. The van der Waals surface area contributed by atoms with Gasteiger partial charge in [-0.2, -0.15) is 4.31 Å². The van der Waals surface area contributed by atoms with Gasteiger partial charge in [-0.15, -0.1) is 0 Å². The molecular weight excluding hydrogens is 368 g/mol. The highest BCUT2D eigenvalue weighted by Gasteiger charge is 2.35. The Morgan fingerprint density at radius 2 is 1.63 bits per heavy atom. The summed E-state index contributed by atoms with van der Waals surface area (Å²) in [4.78, 5) is 24.7. The zero-order valence-electron chi connectivity index (χ0n) is 16.5. The Balaban J connectivity index is 2.09. The minimum absolute atomic E-state index is 0.335. The van der Waals surface area contributed by atoms with Crippen LogP contribution in [0.25, 0.3) is 0 Å². The molecular formula is C18H29N4O4S+. The van der Waals surface area contributed by atoms with E-state index in [1.807, 2.05) is 32.9 Å². The first kappa shape index (κ1) is 21.3. The summed E-state index contributed by atoms with van der Waals surface area (Å²) in [5, 5.41) is 4.62. The van der Waals surface area contributed by atoms with Crippen LogP contribution < -0.4 is 15.5 Å². The van der Waals surface area contributed by atoms with Crippen molar-refractivity contribution in [2.24, 2.45) is 0 Å². The number of benzene rings is 1. The molecule has 0 aromatic heterocycles. The molecule has 2 rings (SSSR count). The lowest BCUT2D eigenvalue weighted by atomic mass is 10.1. The number of aryl methyl sites for hydroxylation is 3. The molecule has 1 saturated heterocycles. The van der Waals surface area contributed by atoms with Crippen LogP contribution >= 0.6 is 0 Å². The number of carbonyl (C=O) groups excluding carboxylic acids is 2. The maximum Gasteiger partial charge on any atom is 0.321 e. The quantitative estimate of drug-likeness (QED) is 0.628. The van der Waals surface area contributed by atoms with Gasteiger partial charge >= 0.3 is 6.03 Å². The standard InChI is InChI=1S/C18H28N4O4S/c1-12-10-13(2)16(14(3)11-12)27(25,26)22-8-6-21(7-9-22)15(4)17(23)20-18(24)19-5/h10-11,15H,6-9H2,1-5H3,(H2,19,20,23,24)/p+1/t15-/m0/s1. The number of amides is 3. The Labute approximate surface area is 161 Å². The predicted octanol–water partition coefficient (Wildman–Crippen LogP) is -0.655. The SMILES string of the molecule is CNC(=O)NC(=O)[C@H](C)[NH+]1CCN(S(=O)(=O)c2c(C)cc(C)cc2C)CC1. The Hall–Kier alpha value is -1.97. The third-order valence-corrected chi connectivity index (χ3v) is 7.24. The first-order chi connectivity index (χ1) is 12.6. The van der Waals surface area contributed by atoms with E-state index in [1.165, 1.54) is 11.4 Å². The summed E-state index contributed by atoms with van der Waals surface area (Å²) < 4.78 is 27.7. The summed E-state index contributed by atoms with van der Waals surface area (Å²) >= 11 is 0. The largest absolute Gasteiger partial charge is 0.341 e. The molecule has 3 N–H and O–H groups in total. The minimum atomic E-state index is -3.58. The summed E-state index contributed by atoms with van der Waals surface area (Å²) in [6.45, 7) is 9.01. The number of imide groups is 1. The van der Waals surface area contributed by atoms with Crippen LogP contribution in [0.4, 0.5) is 4.79 Å². The van der Waals surface area contributed by atoms with Gasteiger partial charge in [0.25, 0.3) is 5.91 Å². The molecule has 0 spiro atoms. The Kier molecular flexibility index (Phi) is 6.61. The lowest BCUT2D eigenvalue weighted by molar-refractivity contribution is -0.917. The molecule has 0 radical (unpaired) electrons. The van der Waals surface area contributed by atoms with E-state index in [9.17, 15) is 18.0 Å². The zero-order valence-corrected chi connectivity index (χ0v) is 17.4. The van der Waals surface area contributed by atoms with E-state index in [-0.39, 0.29) is 5.91 Å². The number of quaternary nitrogens is 1. The first-order valence-electron chi connectivity index (χ1n) is 9.03. The molecule has 8 nitrogen and oxygen atoms in total. The van der Waals surface area contributed by atoms with E-state index in [0.29, 0.717) is 31.1 Å². The van der Waals surface area contributed by atoms with Crippen molar-refractivity contribution in [2.75, 3.05) is 33.2 Å². The van der Waals surface area contributed by atoms with Crippen molar-refractivity contribution in [2.45, 2.75) is 38.6 Å². The lowest BCUT2D eigenvalue weighted by Crippen LogP contribution is -3.19. The molecule has 1 atom stereocenters. The molecule has 0 aliphatic carbocycles. The van der Waals surface area contributed by atoms with Gasteiger partial charge < -0.3 is 10.2 Å². The highest BCUT2D eigenvalue weighted by molar-refractivity contribution is 7.89. The maximum absolute atomic E-state index is 13.1. The average molecular weight is 398 g/mol. The Morgan fingerprint density at radius 3 is 2.11 bits per heavy atom.